The minimum atomic E-state index is -3.74. The van der Waals surface area contributed by atoms with Gasteiger partial charge in [0.25, 0.3) is 0 Å². The predicted octanol–water partition coefficient (Wildman–Crippen LogP) is 2.93. The maximum absolute atomic E-state index is 12.5. The molecule has 1 aromatic heterocycles. The highest BCUT2D eigenvalue weighted by Crippen LogP contribution is 2.22. The van der Waals surface area contributed by atoms with Crippen molar-refractivity contribution in [3.05, 3.63) is 66.1 Å². The molecule has 2 aromatic carbocycles. The standard InChI is InChI=1S/C21H24N4O4S/c1-15(16-11-13-18(14-12-16)30(22,27)28)25(2)20(26)10-6-9-19-23-21(24-29-19)17-7-4-3-5-8-17/h3-5,7-8,11-15H,6,9-10H2,1-2H3,(H2,22,27,28). The molecule has 0 aliphatic heterocycles. The van der Waals surface area contributed by atoms with Gasteiger partial charge in [0.05, 0.1) is 10.9 Å². The Morgan fingerprint density at radius 3 is 2.43 bits per heavy atom. The molecule has 0 aliphatic carbocycles. The fourth-order valence-electron chi connectivity index (χ4n) is 3.00. The van der Waals surface area contributed by atoms with E-state index >= 15 is 0 Å². The highest BCUT2D eigenvalue weighted by Gasteiger charge is 2.18. The quantitative estimate of drug-likeness (QED) is 0.589. The second-order valence-electron chi connectivity index (χ2n) is 7.03. The summed E-state index contributed by atoms with van der Waals surface area (Å²) in [6.45, 7) is 1.88. The monoisotopic (exact) mass is 428 g/mol. The first-order valence-corrected chi connectivity index (χ1v) is 11.1. The number of rotatable bonds is 8. The van der Waals surface area contributed by atoms with Crippen LogP contribution in [-0.2, 0) is 21.2 Å². The number of hydrogen-bond acceptors (Lipinski definition) is 6. The van der Waals surface area contributed by atoms with Crippen LogP contribution in [0.25, 0.3) is 11.4 Å². The third-order valence-electron chi connectivity index (χ3n) is 4.95. The molecule has 1 amide bonds. The Morgan fingerprint density at radius 1 is 1.13 bits per heavy atom. The molecule has 3 aromatic rings. The number of benzene rings is 2. The summed E-state index contributed by atoms with van der Waals surface area (Å²) in [6, 6.07) is 15.6. The van der Waals surface area contributed by atoms with Crippen molar-refractivity contribution in [3.8, 4) is 11.4 Å². The van der Waals surface area contributed by atoms with E-state index in [-0.39, 0.29) is 16.8 Å². The fourth-order valence-corrected chi connectivity index (χ4v) is 3.52. The van der Waals surface area contributed by atoms with Gasteiger partial charge < -0.3 is 9.42 Å². The van der Waals surface area contributed by atoms with Crippen LogP contribution in [0.1, 0.15) is 37.3 Å². The molecule has 2 N–H and O–H groups in total. The molecule has 0 radical (unpaired) electrons. The highest BCUT2D eigenvalue weighted by atomic mass is 32.2. The van der Waals surface area contributed by atoms with E-state index in [1.165, 1.54) is 12.1 Å². The average molecular weight is 429 g/mol. The summed E-state index contributed by atoms with van der Waals surface area (Å²) in [5.74, 6) is 1.00. The molecule has 0 saturated carbocycles. The Kier molecular flexibility index (Phi) is 6.63. The van der Waals surface area contributed by atoms with E-state index in [0.717, 1.165) is 11.1 Å². The Balaban J connectivity index is 1.52. The third-order valence-corrected chi connectivity index (χ3v) is 5.88. The molecule has 8 nitrogen and oxygen atoms in total. The van der Waals surface area contributed by atoms with Crippen molar-refractivity contribution in [2.75, 3.05) is 7.05 Å². The maximum atomic E-state index is 12.5. The minimum Gasteiger partial charge on any atom is -0.339 e. The number of aromatic nitrogens is 2. The number of sulfonamides is 1. The molecule has 1 atom stereocenters. The van der Waals surface area contributed by atoms with Crippen LogP contribution in [0.4, 0.5) is 0 Å². The van der Waals surface area contributed by atoms with Crippen molar-refractivity contribution in [1.29, 1.82) is 0 Å². The number of carbonyl (C=O) groups is 1. The third kappa shape index (κ3) is 5.31. The molecule has 0 bridgehead atoms. The van der Waals surface area contributed by atoms with Gasteiger partial charge in [-0.05, 0) is 31.0 Å². The van der Waals surface area contributed by atoms with Gasteiger partial charge in [0.2, 0.25) is 27.6 Å². The Morgan fingerprint density at radius 2 is 1.80 bits per heavy atom. The Labute approximate surface area is 175 Å². The second-order valence-corrected chi connectivity index (χ2v) is 8.59. The first-order valence-electron chi connectivity index (χ1n) is 9.52. The van der Waals surface area contributed by atoms with Gasteiger partial charge >= 0.3 is 0 Å². The molecule has 1 unspecified atom stereocenters. The van der Waals surface area contributed by atoms with Gasteiger partial charge in [0.15, 0.2) is 0 Å². The van der Waals surface area contributed by atoms with Gasteiger partial charge in [0.1, 0.15) is 0 Å². The molecular weight excluding hydrogens is 404 g/mol. The molecule has 9 heteroatoms. The molecule has 30 heavy (non-hydrogen) atoms. The van der Waals surface area contributed by atoms with Crippen LogP contribution in [0.5, 0.6) is 0 Å². The zero-order valence-electron chi connectivity index (χ0n) is 16.9. The van der Waals surface area contributed by atoms with Crippen LogP contribution in [0, 0.1) is 0 Å². The van der Waals surface area contributed by atoms with E-state index in [2.05, 4.69) is 10.1 Å². The van der Waals surface area contributed by atoms with Crippen molar-refractivity contribution in [2.45, 2.75) is 37.1 Å². The highest BCUT2D eigenvalue weighted by molar-refractivity contribution is 7.89. The van der Waals surface area contributed by atoms with E-state index in [0.29, 0.717) is 31.0 Å². The smallest absolute Gasteiger partial charge is 0.238 e. The van der Waals surface area contributed by atoms with Gasteiger partial charge in [-0.3, -0.25) is 4.79 Å². The molecule has 1 heterocycles. The van der Waals surface area contributed by atoms with Crippen LogP contribution >= 0.6 is 0 Å². The Hall–Kier alpha value is -3.04. The predicted molar refractivity (Wildman–Crippen MR) is 112 cm³/mol. The summed E-state index contributed by atoms with van der Waals surface area (Å²) in [4.78, 5) is 18.6. The molecule has 0 spiro atoms. The maximum Gasteiger partial charge on any atom is 0.238 e. The van der Waals surface area contributed by atoms with Crippen molar-refractivity contribution in [2.24, 2.45) is 5.14 Å². The number of nitrogens with zero attached hydrogens (tertiary/aromatic N) is 3. The lowest BCUT2D eigenvalue weighted by Crippen LogP contribution is -2.29. The van der Waals surface area contributed by atoms with Gasteiger partial charge in [-0.15, -0.1) is 0 Å². The summed E-state index contributed by atoms with van der Waals surface area (Å²) in [6.07, 6.45) is 1.42. The lowest BCUT2D eigenvalue weighted by atomic mass is 10.1. The lowest BCUT2D eigenvalue weighted by Gasteiger charge is -2.25. The summed E-state index contributed by atoms with van der Waals surface area (Å²) < 4.78 is 28.0. The van der Waals surface area contributed by atoms with E-state index in [4.69, 9.17) is 9.66 Å². The molecule has 0 aliphatic rings. The van der Waals surface area contributed by atoms with Crippen molar-refractivity contribution in [3.63, 3.8) is 0 Å². The number of amides is 1. The number of hydrogen-bond donors (Lipinski definition) is 1. The van der Waals surface area contributed by atoms with Crippen LogP contribution in [0.2, 0.25) is 0 Å². The molecule has 158 valence electrons. The zero-order chi connectivity index (χ0) is 21.7. The molecular formula is C21H24N4O4S. The van der Waals surface area contributed by atoms with Crippen molar-refractivity contribution < 1.29 is 17.7 Å². The van der Waals surface area contributed by atoms with E-state index in [1.54, 1.807) is 24.1 Å². The number of primary sulfonamides is 1. The summed E-state index contributed by atoms with van der Waals surface area (Å²) >= 11 is 0. The Bertz CT molecular complexity index is 1100. The minimum absolute atomic E-state index is 0.0270. The number of carbonyl (C=O) groups excluding carboxylic acids is 1. The first kappa shape index (κ1) is 21.7. The summed E-state index contributed by atoms with van der Waals surface area (Å²) in [7, 11) is -2.01. The molecule has 3 rings (SSSR count). The largest absolute Gasteiger partial charge is 0.339 e. The normalized spacial score (nSPS) is 12.5. The van der Waals surface area contributed by atoms with Crippen molar-refractivity contribution in [1.82, 2.24) is 15.0 Å². The zero-order valence-corrected chi connectivity index (χ0v) is 17.7. The van der Waals surface area contributed by atoms with Gasteiger partial charge in [-0.25, -0.2) is 13.6 Å². The summed E-state index contributed by atoms with van der Waals surface area (Å²) in [5.41, 5.74) is 1.70. The van der Waals surface area contributed by atoms with E-state index in [1.807, 2.05) is 37.3 Å². The second kappa shape index (κ2) is 9.19. The van der Waals surface area contributed by atoms with Crippen LogP contribution in [0.15, 0.2) is 64.0 Å². The fraction of sp³-hybridized carbons (Fsp3) is 0.286. The van der Waals surface area contributed by atoms with Crippen molar-refractivity contribution >= 4 is 15.9 Å². The average Bonchev–Trinajstić information content (AvgIpc) is 3.21. The SMILES string of the molecule is CC(c1ccc(S(N)(=O)=O)cc1)N(C)C(=O)CCCc1nc(-c2ccccc2)no1. The van der Waals surface area contributed by atoms with E-state index < -0.39 is 10.0 Å². The van der Waals surface area contributed by atoms with Gasteiger partial charge in [-0.2, -0.15) is 4.98 Å². The number of nitrogens with two attached hydrogens (primary N) is 1. The van der Waals surface area contributed by atoms with E-state index in [9.17, 15) is 13.2 Å². The van der Waals surface area contributed by atoms with Crippen LogP contribution in [-0.4, -0.2) is 36.4 Å². The topological polar surface area (TPSA) is 119 Å². The van der Waals surface area contributed by atoms with Gasteiger partial charge in [0, 0.05) is 25.5 Å². The molecule has 0 saturated heterocycles. The first-order chi connectivity index (χ1) is 14.3. The van der Waals surface area contributed by atoms with Crippen LogP contribution in [0.3, 0.4) is 0 Å². The van der Waals surface area contributed by atoms with Crippen LogP contribution < -0.4 is 5.14 Å². The lowest BCUT2D eigenvalue weighted by molar-refractivity contribution is -0.131. The molecule has 0 fully saturated rings. The number of aryl methyl sites for hydroxylation is 1. The summed E-state index contributed by atoms with van der Waals surface area (Å²) in [5, 5.41) is 9.10. The van der Waals surface area contributed by atoms with Gasteiger partial charge in [-0.1, -0.05) is 47.6 Å².